The molecular formula is C20H31F4N3O4S. The number of fused-ring (bicyclic) bond motifs is 1. The van der Waals surface area contributed by atoms with E-state index >= 15 is 4.39 Å². The number of rotatable bonds is 4. The Hall–Kier alpha value is -0.980. The van der Waals surface area contributed by atoms with E-state index in [1.54, 1.807) is 0 Å². The molecule has 2 saturated carbocycles. The second kappa shape index (κ2) is 8.99. The largest absolute Gasteiger partial charge is 0.401 e. The van der Waals surface area contributed by atoms with Gasteiger partial charge in [-0.05, 0) is 75.3 Å². The Bertz CT molecular complexity index is 803. The first-order valence-corrected chi connectivity index (χ1v) is 12.8. The molecule has 1 amide bonds. The fraction of sp³-hybridized carbons (Fsp3) is 0.950. The first-order chi connectivity index (χ1) is 14.9. The van der Waals surface area contributed by atoms with Crippen molar-refractivity contribution in [2.45, 2.75) is 69.4 Å². The summed E-state index contributed by atoms with van der Waals surface area (Å²) in [6, 6.07) is -1.27. The predicted molar refractivity (Wildman–Crippen MR) is 107 cm³/mol. The number of hydrogen-bond donors (Lipinski definition) is 2. The number of halogens is 4. The van der Waals surface area contributed by atoms with Gasteiger partial charge in [-0.2, -0.15) is 25.9 Å². The fourth-order valence-electron chi connectivity index (χ4n) is 6.35. The van der Waals surface area contributed by atoms with Gasteiger partial charge in [-0.3, -0.25) is 9.69 Å². The third-order valence-corrected chi connectivity index (χ3v) is 9.27. The molecule has 2 N–H and O–H groups in total. The van der Waals surface area contributed by atoms with Gasteiger partial charge in [0, 0.05) is 0 Å². The molecule has 2 aliphatic heterocycles. The molecule has 0 aromatic rings. The van der Waals surface area contributed by atoms with Gasteiger partial charge in [0.2, 0.25) is 5.91 Å². The lowest BCUT2D eigenvalue weighted by atomic mass is 9.63. The maximum Gasteiger partial charge on any atom is 0.401 e. The van der Waals surface area contributed by atoms with E-state index in [-0.39, 0.29) is 11.8 Å². The van der Waals surface area contributed by atoms with E-state index in [1.165, 1.54) is 4.90 Å². The highest BCUT2D eigenvalue weighted by molar-refractivity contribution is 7.88. The SMILES string of the molecule is O=C1CN(C2C(O)CC3CCC(CC4CCN(CC(F)(F)F)CC4)CC3C2F)S(=O)(=O)N1. The Morgan fingerprint density at radius 1 is 1.06 bits per heavy atom. The van der Waals surface area contributed by atoms with Gasteiger partial charge in [-0.25, -0.2) is 9.11 Å². The molecule has 0 aromatic heterocycles. The Labute approximate surface area is 185 Å². The molecule has 7 nitrogen and oxygen atoms in total. The number of aliphatic hydroxyl groups excluding tert-OH is 1. The molecule has 2 heterocycles. The average Bonchev–Trinajstić information content (AvgIpc) is 2.95. The van der Waals surface area contributed by atoms with Gasteiger partial charge >= 0.3 is 16.4 Å². The number of carbonyl (C=O) groups excluding carboxylic acids is 1. The molecule has 4 rings (SSSR count). The standard InChI is InChI=1S/C20H31F4N3O4S/c21-18-15-8-13(7-12-3-5-26(6-4-12)11-20(22,23)24)1-2-14(15)9-16(28)19(18)27-10-17(29)25-32(27,30)31/h12-16,18-19,28H,1-11H2,(H,25,29). The zero-order valence-electron chi connectivity index (χ0n) is 17.8. The third-order valence-electron chi connectivity index (χ3n) is 7.79. The molecule has 2 saturated heterocycles. The molecule has 6 atom stereocenters. The number of nitrogens with zero attached hydrogens (tertiary/aromatic N) is 2. The van der Waals surface area contributed by atoms with Crippen molar-refractivity contribution in [2.75, 3.05) is 26.2 Å². The van der Waals surface area contributed by atoms with Crippen molar-refractivity contribution in [3.8, 4) is 0 Å². The lowest BCUT2D eigenvalue weighted by molar-refractivity contribution is -0.148. The van der Waals surface area contributed by atoms with E-state index in [1.807, 2.05) is 4.72 Å². The summed E-state index contributed by atoms with van der Waals surface area (Å²) >= 11 is 0. The van der Waals surface area contributed by atoms with Gasteiger partial charge < -0.3 is 5.11 Å². The van der Waals surface area contributed by atoms with Crippen molar-refractivity contribution in [1.82, 2.24) is 13.9 Å². The molecule has 32 heavy (non-hydrogen) atoms. The number of nitrogens with one attached hydrogen (secondary N) is 1. The summed E-state index contributed by atoms with van der Waals surface area (Å²) in [4.78, 5) is 13.0. The van der Waals surface area contributed by atoms with Crippen LogP contribution in [0.15, 0.2) is 0 Å². The van der Waals surface area contributed by atoms with Crippen LogP contribution in [-0.4, -0.2) is 79.3 Å². The van der Waals surface area contributed by atoms with Crippen LogP contribution in [0.5, 0.6) is 0 Å². The molecule has 0 bridgehead atoms. The second-order valence-electron chi connectivity index (χ2n) is 9.99. The highest BCUT2D eigenvalue weighted by atomic mass is 32.2. The second-order valence-corrected chi connectivity index (χ2v) is 11.6. The molecule has 0 aromatic carbocycles. The summed E-state index contributed by atoms with van der Waals surface area (Å²) in [6.45, 7) is -0.535. The Kier molecular flexibility index (Phi) is 6.79. The van der Waals surface area contributed by atoms with Gasteiger partial charge in [0.05, 0.1) is 25.2 Å². The van der Waals surface area contributed by atoms with E-state index in [2.05, 4.69) is 0 Å². The van der Waals surface area contributed by atoms with Crippen molar-refractivity contribution in [3.63, 3.8) is 0 Å². The smallest absolute Gasteiger partial charge is 0.391 e. The van der Waals surface area contributed by atoms with Gasteiger partial charge in [0.15, 0.2) is 0 Å². The first kappa shape index (κ1) is 24.2. The summed E-state index contributed by atoms with van der Waals surface area (Å²) in [6.07, 6.45) is -2.18. The van der Waals surface area contributed by atoms with Crippen LogP contribution in [-0.2, 0) is 15.0 Å². The molecule has 184 valence electrons. The van der Waals surface area contributed by atoms with Gasteiger partial charge in [-0.15, -0.1) is 0 Å². The van der Waals surface area contributed by atoms with E-state index in [9.17, 15) is 31.5 Å². The maximum absolute atomic E-state index is 15.6. The minimum atomic E-state index is -4.19. The summed E-state index contributed by atoms with van der Waals surface area (Å²) in [5.74, 6) is -0.609. The van der Waals surface area contributed by atoms with E-state index in [0.717, 1.165) is 23.6 Å². The Balaban J connectivity index is 1.35. The molecule has 0 radical (unpaired) electrons. The van der Waals surface area contributed by atoms with Crippen LogP contribution in [0.25, 0.3) is 0 Å². The number of piperidine rings is 1. The van der Waals surface area contributed by atoms with Crippen molar-refractivity contribution >= 4 is 16.1 Å². The highest BCUT2D eigenvalue weighted by Gasteiger charge is 2.53. The fourth-order valence-corrected chi connectivity index (χ4v) is 7.69. The van der Waals surface area contributed by atoms with Gasteiger partial charge in [0.1, 0.15) is 6.17 Å². The normalized spacial score (nSPS) is 39.6. The van der Waals surface area contributed by atoms with Crippen molar-refractivity contribution < 1.29 is 35.9 Å². The van der Waals surface area contributed by atoms with Crippen molar-refractivity contribution in [3.05, 3.63) is 0 Å². The first-order valence-electron chi connectivity index (χ1n) is 11.4. The minimum Gasteiger partial charge on any atom is -0.391 e. The van der Waals surface area contributed by atoms with Crippen LogP contribution in [0, 0.1) is 23.7 Å². The lowest BCUT2D eigenvalue weighted by Gasteiger charge is -2.48. The molecular weight excluding hydrogens is 454 g/mol. The summed E-state index contributed by atoms with van der Waals surface area (Å²) in [5.41, 5.74) is 0. The van der Waals surface area contributed by atoms with Crippen LogP contribution >= 0.6 is 0 Å². The number of hydrogen-bond acceptors (Lipinski definition) is 5. The number of amides is 1. The van der Waals surface area contributed by atoms with Crippen molar-refractivity contribution in [1.29, 1.82) is 0 Å². The highest BCUT2D eigenvalue weighted by Crippen LogP contribution is 2.47. The van der Waals surface area contributed by atoms with Crippen LogP contribution in [0.4, 0.5) is 17.6 Å². The maximum atomic E-state index is 15.6. The zero-order valence-corrected chi connectivity index (χ0v) is 18.6. The average molecular weight is 486 g/mol. The third kappa shape index (κ3) is 5.23. The predicted octanol–water partition coefficient (Wildman–Crippen LogP) is 1.83. The lowest BCUT2D eigenvalue weighted by Crippen LogP contribution is -2.58. The van der Waals surface area contributed by atoms with Crippen LogP contribution < -0.4 is 4.72 Å². The molecule has 12 heteroatoms. The van der Waals surface area contributed by atoms with Crippen LogP contribution in [0.2, 0.25) is 0 Å². The van der Waals surface area contributed by atoms with Crippen LogP contribution in [0.1, 0.15) is 44.9 Å². The Morgan fingerprint density at radius 3 is 2.34 bits per heavy atom. The molecule has 2 aliphatic carbocycles. The van der Waals surface area contributed by atoms with Gasteiger partial charge in [0.25, 0.3) is 0 Å². The Morgan fingerprint density at radius 2 is 1.75 bits per heavy atom. The summed E-state index contributed by atoms with van der Waals surface area (Å²) in [7, 11) is -4.15. The molecule has 4 aliphatic rings. The summed E-state index contributed by atoms with van der Waals surface area (Å²) in [5, 5.41) is 10.5. The van der Waals surface area contributed by atoms with E-state index in [4.69, 9.17) is 0 Å². The monoisotopic (exact) mass is 485 g/mol. The molecule has 4 fully saturated rings. The number of carbonyl (C=O) groups is 1. The molecule has 0 spiro atoms. The van der Waals surface area contributed by atoms with Gasteiger partial charge in [-0.1, -0.05) is 6.42 Å². The quantitative estimate of drug-likeness (QED) is 0.593. The number of aliphatic hydroxyl groups is 1. The molecule has 6 unspecified atom stereocenters. The minimum absolute atomic E-state index is 0.0323. The van der Waals surface area contributed by atoms with Crippen LogP contribution in [0.3, 0.4) is 0 Å². The van der Waals surface area contributed by atoms with Crippen molar-refractivity contribution in [2.24, 2.45) is 23.7 Å². The number of alkyl halides is 4. The summed E-state index contributed by atoms with van der Waals surface area (Å²) < 4.78 is 80.4. The van der Waals surface area contributed by atoms with E-state index in [0.29, 0.717) is 44.7 Å². The topological polar surface area (TPSA) is 90.0 Å². The number of likely N-dealkylation sites (tertiary alicyclic amines) is 1. The zero-order chi connectivity index (χ0) is 23.3. The van der Waals surface area contributed by atoms with E-state index < -0.39 is 59.6 Å².